The Labute approximate surface area is 123 Å². The third kappa shape index (κ3) is 3.42. The SMILES string of the molecule is COc1ccc(CC(Cl)c2cccc(F)c2)cc1OC. The molecule has 0 bridgehead atoms. The minimum atomic E-state index is -0.288. The summed E-state index contributed by atoms with van der Waals surface area (Å²) >= 11 is 6.34. The van der Waals surface area contributed by atoms with Crippen LogP contribution in [0.3, 0.4) is 0 Å². The molecule has 0 heterocycles. The van der Waals surface area contributed by atoms with E-state index in [1.165, 1.54) is 12.1 Å². The van der Waals surface area contributed by atoms with E-state index < -0.39 is 0 Å². The summed E-state index contributed by atoms with van der Waals surface area (Å²) < 4.78 is 23.6. The van der Waals surface area contributed by atoms with Gasteiger partial charge in [-0.15, -0.1) is 11.6 Å². The highest BCUT2D eigenvalue weighted by Gasteiger charge is 2.12. The van der Waals surface area contributed by atoms with Gasteiger partial charge in [0.25, 0.3) is 0 Å². The highest BCUT2D eigenvalue weighted by molar-refractivity contribution is 6.20. The monoisotopic (exact) mass is 294 g/mol. The van der Waals surface area contributed by atoms with E-state index in [2.05, 4.69) is 0 Å². The Bertz CT molecular complexity index is 586. The maximum atomic E-state index is 13.2. The smallest absolute Gasteiger partial charge is 0.160 e. The first-order valence-corrected chi connectivity index (χ1v) is 6.68. The maximum Gasteiger partial charge on any atom is 0.160 e. The summed E-state index contributed by atoms with van der Waals surface area (Å²) in [7, 11) is 3.18. The summed E-state index contributed by atoms with van der Waals surface area (Å²) in [6.45, 7) is 0. The van der Waals surface area contributed by atoms with Crippen LogP contribution in [0.4, 0.5) is 4.39 Å². The van der Waals surface area contributed by atoms with E-state index in [0.717, 1.165) is 11.1 Å². The van der Waals surface area contributed by atoms with Gasteiger partial charge in [0.2, 0.25) is 0 Å². The van der Waals surface area contributed by atoms with Gasteiger partial charge < -0.3 is 9.47 Å². The Morgan fingerprint density at radius 3 is 2.45 bits per heavy atom. The lowest BCUT2D eigenvalue weighted by Gasteiger charge is -2.13. The van der Waals surface area contributed by atoms with Crippen LogP contribution in [0.1, 0.15) is 16.5 Å². The van der Waals surface area contributed by atoms with Gasteiger partial charge in [-0.25, -0.2) is 4.39 Å². The molecule has 0 aliphatic carbocycles. The Kier molecular flexibility index (Phi) is 4.85. The number of ether oxygens (including phenoxy) is 2. The molecule has 0 amide bonds. The molecule has 1 unspecified atom stereocenters. The first-order valence-electron chi connectivity index (χ1n) is 6.24. The molecule has 0 fully saturated rings. The van der Waals surface area contributed by atoms with Gasteiger partial charge in [-0.2, -0.15) is 0 Å². The Morgan fingerprint density at radius 2 is 1.80 bits per heavy atom. The summed E-state index contributed by atoms with van der Waals surface area (Å²) in [5.74, 6) is 1.06. The predicted octanol–water partition coefficient (Wildman–Crippen LogP) is 4.37. The standard InChI is InChI=1S/C16H16ClFO2/c1-19-15-7-6-11(9-16(15)20-2)8-14(17)12-4-3-5-13(18)10-12/h3-7,9-10,14H,8H2,1-2H3. The Hall–Kier alpha value is -1.74. The lowest BCUT2D eigenvalue weighted by molar-refractivity contribution is 0.354. The van der Waals surface area contributed by atoms with Gasteiger partial charge in [0.15, 0.2) is 11.5 Å². The van der Waals surface area contributed by atoms with Gasteiger partial charge >= 0.3 is 0 Å². The van der Waals surface area contributed by atoms with Gasteiger partial charge in [-0.05, 0) is 41.8 Å². The number of rotatable bonds is 5. The average Bonchev–Trinajstić information content (AvgIpc) is 2.47. The van der Waals surface area contributed by atoms with Gasteiger partial charge in [0.1, 0.15) is 5.82 Å². The van der Waals surface area contributed by atoms with Crippen molar-refractivity contribution in [3.63, 3.8) is 0 Å². The molecule has 0 N–H and O–H groups in total. The molecule has 2 aromatic carbocycles. The van der Waals surface area contributed by atoms with Crippen LogP contribution < -0.4 is 9.47 Å². The molecule has 0 radical (unpaired) electrons. The molecule has 4 heteroatoms. The highest BCUT2D eigenvalue weighted by atomic mass is 35.5. The zero-order chi connectivity index (χ0) is 14.5. The molecule has 2 rings (SSSR count). The van der Waals surface area contributed by atoms with Crippen LogP contribution in [0, 0.1) is 5.82 Å². The molecule has 0 aliphatic rings. The maximum absolute atomic E-state index is 13.2. The van der Waals surface area contributed by atoms with Crippen LogP contribution in [-0.2, 0) is 6.42 Å². The molecule has 0 saturated carbocycles. The summed E-state index contributed by atoms with van der Waals surface area (Å²) in [5, 5.41) is -0.288. The van der Waals surface area contributed by atoms with E-state index in [0.29, 0.717) is 17.9 Å². The van der Waals surface area contributed by atoms with Crippen LogP contribution >= 0.6 is 11.6 Å². The minimum absolute atomic E-state index is 0.277. The summed E-state index contributed by atoms with van der Waals surface area (Å²) in [6.07, 6.45) is 0.589. The topological polar surface area (TPSA) is 18.5 Å². The van der Waals surface area contributed by atoms with Crippen LogP contribution in [0.25, 0.3) is 0 Å². The van der Waals surface area contributed by atoms with Crippen LogP contribution in [0.2, 0.25) is 0 Å². The summed E-state index contributed by atoms with van der Waals surface area (Å²) in [5.41, 5.74) is 1.77. The van der Waals surface area contributed by atoms with E-state index in [-0.39, 0.29) is 11.2 Å². The molecule has 1 atom stereocenters. The second-order valence-corrected chi connectivity index (χ2v) is 4.94. The second kappa shape index (κ2) is 6.62. The summed E-state index contributed by atoms with van der Waals surface area (Å²) in [4.78, 5) is 0. The van der Waals surface area contributed by atoms with Crippen molar-refractivity contribution in [2.24, 2.45) is 0 Å². The Morgan fingerprint density at radius 1 is 1.05 bits per heavy atom. The number of hydrogen-bond donors (Lipinski definition) is 0. The van der Waals surface area contributed by atoms with Crippen molar-refractivity contribution in [1.29, 1.82) is 0 Å². The quantitative estimate of drug-likeness (QED) is 0.763. The van der Waals surface area contributed by atoms with Crippen LogP contribution in [-0.4, -0.2) is 14.2 Å². The van der Waals surface area contributed by atoms with Gasteiger partial charge in [-0.1, -0.05) is 18.2 Å². The molecule has 0 aromatic heterocycles. The van der Waals surface area contributed by atoms with Crippen molar-refractivity contribution in [2.45, 2.75) is 11.8 Å². The number of methoxy groups -OCH3 is 2. The first-order chi connectivity index (χ1) is 9.63. The van der Waals surface area contributed by atoms with E-state index >= 15 is 0 Å². The van der Waals surface area contributed by atoms with Crippen molar-refractivity contribution in [2.75, 3.05) is 14.2 Å². The van der Waals surface area contributed by atoms with Crippen molar-refractivity contribution in [3.8, 4) is 11.5 Å². The third-order valence-electron chi connectivity index (χ3n) is 3.07. The molecule has 0 spiro atoms. The van der Waals surface area contributed by atoms with E-state index in [1.54, 1.807) is 20.3 Å². The zero-order valence-electron chi connectivity index (χ0n) is 11.4. The average molecular weight is 295 g/mol. The van der Waals surface area contributed by atoms with Gasteiger partial charge in [0, 0.05) is 0 Å². The molecule has 106 valence electrons. The van der Waals surface area contributed by atoms with Crippen molar-refractivity contribution in [1.82, 2.24) is 0 Å². The highest BCUT2D eigenvalue weighted by Crippen LogP contribution is 2.31. The molecule has 0 saturated heterocycles. The first kappa shape index (κ1) is 14.7. The third-order valence-corrected chi connectivity index (χ3v) is 3.48. The van der Waals surface area contributed by atoms with Crippen molar-refractivity contribution >= 4 is 11.6 Å². The molecular weight excluding hydrogens is 279 g/mol. The largest absolute Gasteiger partial charge is 0.493 e. The van der Waals surface area contributed by atoms with Gasteiger partial charge in [-0.3, -0.25) is 0 Å². The fraction of sp³-hybridized carbons (Fsp3) is 0.250. The number of benzene rings is 2. The minimum Gasteiger partial charge on any atom is -0.493 e. The Balaban J connectivity index is 2.17. The molecule has 2 nitrogen and oxygen atoms in total. The number of alkyl halides is 1. The second-order valence-electron chi connectivity index (χ2n) is 4.42. The fourth-order valence-corrected chi connectivity index (χ4v) is 2.35. The lowest BCUT2D eigenvalue weighted by atomic mass is 10.0. The normalized spacial score (nSPS) is 12.0. The van der Waals surface area contributed by atoms with Gasteiger partial charge in [0.05, 0.1) is 19.6 Å². The van der Waals surface area contributed by atoms with Crippen LogP contribution in [0.5, 0.6) is 11.5 Å². The number of halogens is 2. The predicted molar refractivity (Wildman–Crippen MR) is 78.2 cm³/mol. The van der Waals surface area contributed by atoms with E-state index in [1.807, 2.05) is 24.3 Å². The van der Waals surface area contributed by atoms with Crippen molar-refractivity contribution < 1.29 is 13.9 Å². The van der Waals surface area contributed by atoms with E-state index in [4.69, 9.17) is 21.1 Å². The molecule has 20 heavy (non-hydrogen) atoms. The molecule has 2 aromatic rings. The lowest BCUT2D eigenvalue weighted by Crippen LogP contribution is -1.98. The number of hydrogen-bond acceptors (Lipinski definition) is 2. The van der Waals surface area contributed by atoms with Crippen LogP contribution in [0.15, 0.2) is 42.5 Å². The molecule has 0 aliphatic heterocycles. The summed E-state index contributed by atoms with van der Waals surface area (Å²) in [6, 6.07) is 12.0. The van der Waals surface area contributed by atoms with E-state index in [9.17, 15) is 4.39 Å². The van der Waals surface area contributed by atoms with Crippen molar-refractivity contribution in [3.05, 3.63) is 59.4 Å². The molecular formula is C16H16ClFO2. The zero-order valence-corrected chi connectivity index (χ0v) is 12.2. The fourth-order valence-electron chi connectivity index (χ4n) is 2.03.